The van der Waals surface area contributed by atoms with E-state index in [1.54, 1.807) is 6.92 Å². The van der Waals surface area contributed by atoms with Gasteiger partial charge in [-0.05, 0) is 60.2 Å². The summed E-state index contributed by atoms with van der Waals surface area (Å²) in [6.45, 7) is 11.3. The number of carbonyl (C=O) groups is 1. The Balaban J connectivity index is 1.94. The molecule has 3 aliphatic carbocycles. The van der Waals surface area contributed by atoms with Gasteiger partial charge in [-0.2, -0.15) is 0 Å². The summed E-state index contributed by atoms with van der Waals surface area (Å²) >= 11 is 0. The summed E-state index contributed by atoms with van der Waals surface area (Å²) in [6, 6.07) is 0. The van der Waals surface area contributed by atoms with E-state index < -0.39 is 0 Å². The van der Waals surface area contributed by atoms with E-state index in [2.05, 4.69) is 27.7 Å². The second kappa shape index (κ2) is 3.77. The van der Waals surface area contributed by atoms with Gasteiger partial charge in [0, 0.05) is 6.92 Å². The molecule has 0 aromatic rings. The fraction of sp³-hybridized carbons (Fsp3) is 0.941. The zero-order valence-corrected chi connectivity index (χ0v) is 13.1. The SMILES string of the molecule is CC(=O)OC1CC2C(C)(C)C3CC[C@@]2(C3)C(C)(C)C1. The van der Waals surface area contributed by atoms with Crippen LogP contribution in [0.3, 0.4) is 0 Å². The first-order chi connectivity index (χ1) is 8.69. The van der Waals surface area contributed by atoms with Gasteiger partial charge in [0.05, 0.1) is 0 Å². The number of carbonyl (C=O) groups excluding carboxylic acids is 1. The minimum absolute atomic E-state index is 0.113. The molecule has 0 heterocycles. The third-order valence-electron chi connectivity index (χ3n) is 7.08. The smallest absolute Gasteiger partial charge is 0.302 e. The Hall–Kier alpha value is -0.530. The van der Waals surface area contributed by atoms with Gasteiger partial charge < -0.3 is 4.74 Å². The molecular weight excluding hydrogens is 236 g/mol. The summed E-state index contributed by atoms with van der Waals surface area (Å²) in [4.78, 5) is 11.3. The lowest BCUT2D eigenvalue weighted by atomic mass is 9.48. The third-order valence-corrected chi connectivity index (χ3v) is 7.08. The first-order valence-corrected chi connectivity index (χ1v) is 7.86. The first-order valence-electron chi connectivity index (χ1n) is 7.86. The molecule has 3 aliphatic rings. The molecule has 4 atom stereocenters. The molecule has 0 aromatic carbocycles. The van der Waals surface area contributed by atoms with Gasteiger partial charge in [-0.25, -0.2) is 0 Å². The molecular formula is C17H28O2. The maximum absolute atomic E-state index is 11.3. The van der Waals surface area contributed by atoms with E-state index >= 15 is 0 Å². The minimum atomic E-state index is -0.113. The highest BCUT2D eigenvalue weighted by molar-refractivity contribution is 5.66. The molecule has 2 heteroatoms. The van der Waals surface area contributed by atoms with Gasteiger partial charge in [-0.15, -0.1) is 0 Å². The fourth-order valence-corrected chi connectivity index (χ4v) is 6.08. The van der Waals surface area contributed by atoms with Crippen LogP contribution in [0.2, 0.25) is 0 Å². The van der Waals surface area contributed by atoms with Crippen LogP contribution < -0.4 is 0 Å². The highest BCUT2D eigenvalue weighted by Crippen LogP contribution is 2.75. The van der Waals surface area contributed by atoms with Crippen LogP contribution in [-0.2, 0) is 9.53 Å². The number of hydrogen-bond acceptors (Lipinski definition) is 2. The summed E-state index contributed by atoms with van der Waals surface area (Å²) in [6.07, 6.45) is 6.49. The summed E-state index contributed by atoms with van der Waals surface area (Å²) in [7, 11) is 0. The van der Waals surface area contributed by atoms with Crippen LogP contribution in [0.15, 0.2) is 0 Å². The Morgan fingerprint density at radius 3 is 2.47 bits per heavy atom. The Kier molecular flexibility index (Phi) is 2.67. The Morgan fingerprint density at radius 1 is 1.16 bits per heavy atom. The average molecular weight is 264 g/mol. The predicted octanol–water partition coefficient (Wildman–Crippen LogP) is 4.18. The summed E-state index contributed by atoms with van der Waals surface area (Å²) in [5, 5.41) is 0. The maximum Gasteiger partial charge on any atom is 0.302 e. The van der Waals surface area contributed by atoms with Gasteiger partial charge in [-0.1, -0.05) is 27.7 Å². The molecule has 3 saturated carbocycles. The standard InChI is InChI=1S/C17H28O2/c1-11(18)19-13-8-14-16(4,5)12-6-7-17(14,9-12)15(2,3)10-13/h12-14H,6-10H2,1-5H3/t12?,13?,14?,17-/m0/s1. The van der Waals surface area contributed by atoms with Crippen LogP contribution in [-0.4, -0.2) is 12.1 Å². The molecule has 3 fully saturated rings. The van der Waals surface area contributed by atoms with Gasteiger partial charge in [0.2, 0.25) is 0 Å². The van der Waals surface area contributed by atoms with E-state index in [9.17, 15) is 4.79 Å². The van der Waals surface area contributed by atoms with Crippen LogP contribution in [0.5, 0.6) is 0 Å². The van der Waals surface area contributed by atoms with E-state index in [0.717, 1.165) is 24.7 Å². The van der Waals surface area contributed by atoms with E-state index in [1.165, 1.54) is 19.3 Å². The van der Waals surface area contributed by atoms with Crippen LogP contribution in [0.1, 0.15) is 66.7 Å². The average Bonchev–Trinajstić information content (AvgIpc) is 2.75. The van der Waals surface area contributed by atoms with Crippen LogP contribution in [0.4, 0.5) is 0 Å². The second-order valence-corrected chi connectivity index (χ2v) is 8.52. The number of fused-ring (bicyclic) bond motifs is 1. The van der Waals surface area contributed by atoms with E-state index in [4.69, 9.17) is 4.74 Å². The van der Waals surface area contributed by atoms with Gasteiger partial charge in [0.15, 0.2) is 0 Å². The second-order valence-electron chi connectivity index (χ2n) is 8.52. The highest BCUT2D eigenvalue weighted by Gasteiger charge is 2.68. The molecule has 0 radical (unpaired) electrons. The van der Waals surface area contributed by atoms with Crippen molar-refractivity contribution in [2.45, 2.75) is 72.8 Å². The molecule has 0 saturated heterocycles. The van der Waals surface area contributed by atoms with Gasteiger partial charge in [0.1, 0.15) is 6.10 Å². The number of esters is 1. The van der Waals surface area contributed by atoms with Crippen molar-refractivity contribution in [1.82, 2.24) is 0 Å². The Bertz CT molecular complexity index is 409. The summed E-state index contributed by atoms with van der Waals surface area (Å²) in [5.74, 6) is 1.50. The zero-order valence-electron chi connectivity index (χ0n) is 13.1. The highest BCUT2D eigenvalue weighted by atomic mass is 16.5. The van der Waals surface area contributed by atoms with E-state index in [0.29, 0.717) is 16.2 Å². The van der Waals surface area contributed by atoms with Crippen molar-refractivity contribution in [1.29, 1.82) is 0 Å². The topological polar surface area (TPSA) is 26.3 Å². The number of ether oxygens (including phenoxy) is 1. The fourth-order valence-electron chi connectivity index (χ4n) is 6.08. The molecule has 1 spiro atoms. The van der Waals surface area contributed by atoms with E-state index in [-0.39, 0.29) is 12.1 Å². The largest absolute Gasteiger partial charge is 0.463 e. The van der Waals surface area contributed by atoms with Crippen molar-refractivity contribution in [2.24, 2.45) is 28.1 Å². The predicted molar refractivity (Wildman–Crippen MR) is 75.6 cm³/mol. The molecule has 19 heavy (non-hydrogen) atoms. The summed E-state index contributed by atoms with van der Waals surface area (Å²) in [5.41, 5.74) is 1.24. The first kappa shape index (κ1) is 13.5. The molecule has 3 unspecified atom stereocenters. The van der Waals surface area contributed by atoms with Crippen molar-refractivity contribution in [3.63, 3.8) is 0 Å². The lowest BCUT2D eigenvalue weighted by molar-refractivity contribution is -0.163. The number of hydrogen-bond donors (Lipinski definition) is 0. The quantitative estimate of drug-likeness (QED) is 0.664. The number of rotatable bonds is 1. The Morgan fingerprint density at radius 2 is 1.84 bits per heavy atom. The van der Waals surface area contributed by atoms with Crippen molar-refractivity contribution < 1.29 is 9.53 Å². The Labute approximate surface area is 117 Å². The molecule has 0 amide bonds. The zero-order chi connectivity index (χ0) is 14.1. The lowest BCUT2D eigenvalue weighted by Gasteiger charge is -2.57. The maximum atomic E-state index is 11.3. The molecule has 0 aromatic heterocycles. The minimum Gasteiger partial charge on any atom is -0.463 e. The van der Waals surface area contributed by atoms with E-state index in [1.807, 2.05) is 0 Å². The molecule has 0 aliphatic heterocycles. The van der Waals surface area contributed by atoms with Crippen molar-refractivity contribution >= 4 is 5.97 Å². The van der Waals surface area contributed by atoms with Gasteiger partial charge in [0.25, 0.3) is 0 Å². The molecule has 2 nitrogen and oxygen atoms in total. The third kappa shape index (κ3) is 1.64. The monoisotopic (exact) mass is 264 g/mol. The lowest BCUT2D eigenvalue weighted by Crippen LogP contribution is -2.52. The molecule has 108 valence electrons. The van der Waals surface area contributed by atoms with Crippen LogP contribution >= 0.6 is 0 Å². The van der Waals surface area contributed by atoms with Crippen LogP contribution in [0, 0.1) is 28.1 Å². The van der Waals surface area contributed by atoms with Gasteiger partial charge in [-0.3, -0.25) is 4.79 Å². The summed E-state index contributed by atoms with van der Waals surface area (Å²) < 4.78 is 5.59. The van der Waals surface area contributed by atoms with Crippen LogP contribution in [0.25, 0.3) is 0 Å². The van der Waals surface area contributed by atoms with Crippen molar-refractivity contribution in [3.05, 3.63) is 0 Å². The normalized spacial score (nSPS) is 45.8. The molecule has 0 N–H and O–H groups in total. The van der Waals surface area contributed by atoms with Gasteiger partial charge >= 0.3 is 5.97 Å². The van der Waals surface area contributed by atoms with Crippen molar-refractivity contribution in [2.75, 3.05) is 0 Å². The van der Waals surface area contributed by atoms with Crippen molar-refractivity contribution in [3.8, 4) is 0 Å². The molecule has 2 bridgehead atoms. The molecule has 3 rings (SSSR count).